The van der Waals surface area contributed by atoms with E-state index >= 15 is 0 Å². The summed E-state index contributed by atoms with van der Waals surface area (Å²) in [4.78, 5) is 11.8. The molecular formula is C18H20BrNO3S. The van der Waals surface area contributed by atoms with E-state index in [2.05, 4.69) is 28.9 Å². The largest absolute Gasteiger partial charge is 0.489 e. The lowest BCUT2D eigenvalue weighted by molar-refractivity contribution is 0.223. The molecule has 0 atom stereocenters. The van der Waals surface area contributed by atoms with Gasteiger partial charge in [-0.1, -0.05) is 43.0 Å². The molecule has 0 heterocycles. The number of ether oxygens (including phenoxy) is 1. The molecule has 1 N–H and O–H groups in total. The zero-order chi connectivity index (χ0) is 17.7. The van der Waals surface area contributed by atoms with Crippen molar-refractivity contribution in [3.63, 3.8) is 0 Å². The highest BCUT2D eigenvalue weighted by atomic mass is 79.9. The van der Waals surface area contributed by atoms with E-state index < -0.39 is 5.24 Å². The van der Waals surface area contributed by atoms with Crippen molar-refractivity contribution in [2.45, 2.75) is 26.9 Å². The first-order valence-electron chi connectivity index (χ1n) is 7.54. The van der Waals surface area contributed by atoms with E-state index in [1.54, 1.807) is 12.3 Å². The quantitative estimate of drug-likeness (QED) is 0.517. The molecule has 0 unspecified atom stereocenters. The van der Waals surface area contributed by atoms with Crippen LogP contribution < -0.4 is 9.80 Å². The van der Waals surface area contributed by atoms with Crippen molar-refractivity contribution in [3.8, 4) is 5.75 Å². The summed E-state index contributed by atoms with van der Waals surface area (Å²) >= 11 is 4.33. The molecular weight excluding hydrogens is 390 g/mol. The Hall–Kier alpha value is -1.50. The van der Waals surface area contributed by atoms with Crippen LogP contribution in [-0.2, 0) is 13.0 Å². The number of para-hydroxylation sites is 1. The monoisotopic (exact) mass is 409 g/mol. The van der Waals surface area contributed by atoms with Crippen molar-refractivity contribution in [2.75, 3.05) is 11.3 Å². The van der Waals surface area contributed by atoms with Gasteiger partial charge < -0.3 is 4.74 Å². The molecule has 6 heteroatoms. The highest BCUT2D eigenvalue weighted by Crippen LogP contribution is 2.32. The topological polar surface area (TPSA) is 49.8 Å². The van der Waals surface area contributed by atoms with Crippen LogP contribution in [-0.4, -0.2) is 16.7 Å². The molecule has 4 nitrogen and oxygen atoms in total. The number of anilines is 1. The molecule has 0 spiro atoms. The third kappa shape index (κ3) is 4.32. The molecule has 0 aliphatic heterocycles. The molecule has 0 bridgehead atoms. The van der Waals surface area contributed by atoms with Crippen LogP contribution in [0.4, 0.5) is 10.5 Å². The van der Waals surface area contributed by atoms with E-state index in [0.29, 0.717) is 20.8 Å². The highest BCUT2D eigenvalue weighted by Gasteiger charge is 2.19. The van der Waals surface area contributed by atoms with Gasteiger partial charge in [-0.2, -0.15) is 5.06 Å². The Morgan fingerprint density at radius 2 is 2.08 bits per heavy atom. The average molecular weight is 410 g/mol. The molecule has 0 aliphatic rings. The Morgan fingerprint density at radius 1 is 1.33 bits per heavy atom. The first-order valence-corrected chi connectivity index (χ1v) is 9.56. The van der Waals surface area contributed by atoms with E-state index in [9.17, 15) is 10.0 Å². The predicted molar refractivity (Wildman–Crippen MR) is 102 cm³/mol. The Bertz CT molecular complexity index is 736. The Balaban J connectivity index is 2.24. The van der Waals surface area contributed by atoms with Gasteiger partial charge >= 0.3 is 5.24 Å². The maximum Gasteiger partial charge on any atom is 0.309 e. The molecule has 0 aromatic heterocycles. The fraction of sp³-hybridized carbons (Fsp3) is 0.278. The van der Waals surface area contributed by atoms with Gasteiger partial charge in [-0.15, -0.1) is 0 Å². The number of hydrogen-bond donors (Lipinski definition) is 1. The number of hydrogen-bond acceptors (Lipinski definition) is 4. The van der Waals surface area contributed by atoms with Crippen molar-refractivity contribution >= 4 is 38.6 Å². The van der Waals surface area contributed by atoms with Crippen molar-refractivity contribution in [1.29, 1.82) is 0 Å². The SMILES string of the molecule is CCc1ccc(OCc2cccc(Br)c2N(O)C(=O)SC)c(C)c1. The van der Waals surface area contributed by atoms with Crippen LogP contribution >= 0.6 is 27.7 Å². The first-order chi connectivity index (χ1) is 11.5. The highest BCUT2D eigenvalue weighted by molar-refractivity contribution is 9.10. The maximum absolute atomic E-state index is 11.8. The number of rotatable bonds is 5. The zero-order valence-corrected chi connectivity index (χ0v) is 16.3. The average Bonchev–Trinajstić information content (AvgIpc) is 2.59. The van der Waals surface area contributed by atoms with Crippen molar-refractivity contribution in [2.24, 2.45) is 0 Å². The van der Waals surface area contributed by atoms with Gasteiger partial charge in [-0.3, -0.25) is 10.0 Å². The molecule has 0 saturated heterocycles. The lowest BCUT2D eigenvalue weighted by atomic mass is 10.1. The Morgan fingerprint density at radius 3 is 2.71 bits per heavy atom. The fourth-order valence-electron chi connectivity index (χ4n) is 2.34. The standard InChI is InChI=1S/C18H20BrNO3S/c1-4-13-8-9-16(12(2)10-13)23-11-14-6-5-7-15(19)17(14)20(22)18(21)24-3/h5-10,22H,4,11H2,1-3H3. The van der Waals surface area contributed by atoms with E-state index in [1.165, 1.54) is 5.56 Å². The minimum absolute atomic E-state index is 0.250. The van der Waals surface area contributed by atoms with Gasteiger partial charge in [0, 0.05) is 10.0 Å². The van der Waals surface area contributed by atoms with Crippen LogP contribution in [0.25, 0.3) is 0 Å². The molecule has 0 radical (unpaired) electrons. The van der Waals surface area contributed by atoms with Crippen LogP contribution in [0.1, 0.15) is 23.6 Å². The van der Waals surface area contributed by atoms with Crippen LogP contribution in [0.2, 0.25) is 0 Å². The number of hydroxylamine groups is 1. The van der Waals surface area contributed by atoms with Crippen molar-refractivity contribution in [3.05, 3.63) is 57.6 Å². The molecule has 0 saturated carbocycles. The van der Waals surface area contributed by atoms with Gasteiger partial charge in [-0.05, 0) is 58.8 Å². The Kier molecular flexibility index (Phi) is 6.71. The second-order valence-electron chi connectivity index (χ2n) is 5.27. The second-order valence-corrected chi connectivity index (χ2v) is 6.88. The van der Waals surface area contributed by atoms with Gasteiger partial charge in [0.25, 0.3) is 0 Å². The van der Waals surface area contributed by atoms with Crippen LogP contribution in [0, 0.1) is 6.92 Å². The van der Waals surface area contributed by atoms with Gasteiger partial charge in [0.1, 0.15) is 12.4 Å². The van der Waals surface area contributed by atoms with E-state index in [4.69, 9.17) is 4.74 Å². The Labute approximate surface area is 154 Å². The summed E-state index contributed by atoms with van der Waals surface area (Å²) in [5, 5.41) is 10.3. The number of nitrogens with zero attached hydrogens (tertiary/aromatic N) is 1. The summed E-state index contributed by atoms with van der Waals surface area (Å²) in [5.41, 5.74) is 3.44. The summed E-state index contributed by atoms with van der Waals surface area (Å²) in [6, 6.07) is 11.5. The molecule has 2 aromatic carbocycles. The second kappa shape index (κ2) is 8.55. The molecule has 128 valence electrons. The maximum atomic E-state index is 11.8. The zero-order valence-electron chi connectivity index (χ0n) is 13.9. The van der Waals surface area contributed by atoms with Crippen molar-refractivity contribution in [1.82, 2.24) is 0 Å². The van der Waals surface area contributed by atoms with Gasteiger partial charge in [0.05, 0.1) is 5.69 Å². The predicted octanol–water partition coefficient (Wildman–Crippen LogP) is 5.58. The van der Waals surface area contributed by atoms with Crippen LogP contribution in [0.15, 0.2) is 40.9 Å². The minimum Gasteiger partial charge on any atom is -0.489 e. The molecule has 1 amide bonds. The first kappa shape index (κ1) is 18.8. The summed E-state index contributed by atoms with van der Waals surface area (Å²) in [5.74, 6) is 0.791. The van der Waals surface area contributed by atoms with E-state index in [0.717, 1.165) is 29.5 Å². The summed E-state index contributed by atoms with van der Waals surface area (Å²) in [6.07, 6.45) is 2.60. The number of carbonyl (C=O) groups excluding carboxylic acids is 1. The third-order valence-corrected chi connectivity index (χ3v) is 4.82. The van der Waals surface area contributed by atoms with Crippen LogP contribution in [0.5, 0.6) is 5.75 Å². The van der Waals surface area contributed by atoms with Gasteiger partial charge in [-0.25, -0.2) is 0 Å². The number of benzene rings is 2. The van der Waals surface area contributed by atoms with E-state index in [1.807, 2.05) is 31.2 Å². The van der Waals surface area contributed by atoms with Gasteiger partial charge in [0.2, 0.25) is 0 Å². The number of amides is 1. The fourth-order valence-corrected chi connectivity index (χ4v) is 3.18. The third-order valence-electron chi connectivity index (χ3n) is 3.66. The van der Waals surface area contributed by atoms with Crippen LogP contribution in [0.3, 0.4) is 0 Å². The minimum atomic E-state index is -0.452. The lowest BCUT2D eigenvalue weighted by Crippen LogP contribution is -2.24. The summed E-state index contributed by atoms with van der Waals surface area (Å²) in [6.45, 7) is 4.37. The summed E-state index contributed by atoms with van der Waals surface area (Å²) < 4.78 is 6.54. The lowest BCUT2D eigenvalue weighted by Gasteiger charge is -2.19. The molecule has 0 aliphatic carbocycles. The number of thioether (sulfide) groups is 1. The number of aryl methyl sites for hydroxylation is 2. The van der Waals surface area contributed by atoms with Gasteiger partial charge in [0.15, 0.2) is 0 Å². The molecule has 2 rings (SSSR count). The van der Waals surface area contributed by atoms with Crippen molar-refractivity contribution < 1.29 is 14.7 Å². The summed E-state index contributed by atoms with van der Waals surface area (Å²) in [7, 11) is 0. The molecule has 2 aromatic rings. The normalized spacial score (nSPS) is 10.5. The molecule has 0 fully saturated rings. The molecule has 24 heavy (non-hydrogen) atoms. The van der Waals surface area contributed by atoms with E-state index in [-0.39, 0.29) is 6.61 Å². The number of carbonyl (C=O) groups is 1. The smallest absolute Gasteiger partial charge is 0.309 e. The number of halogens is 1.